The van der Waals surface area contributed by atoms with Gasteiger partial charge in [-0.25, -0.2) is 9.18 Å². The van der Waals surface area contributed by atoms with Crippen molar-refractivity contribution < 1.29 is 19.1 Å². The fourth-order valence-corrected chi connectivity index (χ4v) is 5.16. The van der Waals surface area contributed by atoms with Gasteiger partial charge in [-0.2, -0.15) is 5.10 Å². The largest absolute Gasteiger partial charge is 0.476 e. The van der Waals surface area contributed by atoms with Crippen molar-refractivity contribution in [2.75, 3.05) is 37.2 Å². The van der Waals surface area contributed by atoms with Gasteiger partial charge in [-0.05, 0) is 55.5 Å². The SMILES string of the molecule is C/C=C\C(F)=C(/CC)CN1CCSC(C(=O)Nc2cc3c(cc2C)CCNN=C3C(=O)O)C1. The van der Waals surface area contributed by atoms with Crippen LogP contribution in [-0.2, 0) is 16.0 Å². The maximum Gasteiger partial charge on any atom is 0.356 e. The van der Waals surface area contributed by atoms with E-state index in [0.717, 1.165) is 29.0 Å². The number of carboxylic acids is 1. The molecule has 1 fully saturated rings. The molecule has 2 aliphatic heterocycles. The Hall–Kier alpha value is -2.65. The summed E-state index contributed by atoms with van der Waals surface area (Å²) in [5.41, 5.74) is 6.31. The monoisotopic (exact) mass is 474 g/mol. The van der Waals surface area contributed by atoms with E-state index in [-0.39, 0.29) is 22.7 Å². The van der Waals surface area contributed by atoms with Gasteiger partial charge in [0.1, 0.15) is 5.83 Å². The zero-order valence-corrected chi connectivity index (χ0v) is 20.1. The van der Waals surface area contributed by atoms with Gasteiger partial charge in [0.2, 0.25) is 5.91 Å². The first-order valence-electron chi connectivity index (χ1n) is 11.2. The lowest BCUT2D eigenvalue weighted by Gasteiger charge is -2.32. The summed E-state index contributed by atoms with van der Waals surface area (Å²) in [5, 5.41) is 16.2. The van der Waals surface area contributed by atoms with Crippen LogP contribution in [0, 0.1) is 6.92 Å². The lowest BCUT2D eigenvalue weighted by molar-refractivity contribution is -0.129. The number of amides is 1. The van der Waals surface area contributed by atoms with Gasteiger partial charge in [0.15, 0.2) is 5.71 Å². The van der Waals surface area contributed by atoms with E-state index in [1.165, 1.54) is 6.08 Å². The molecule has 2 aliphatic rings. The average molecular weight is 475 g/mol. The third-order valence-electron chi connectivity index (χ3n) is 5.80. The molecule has 1 saturated heterocycles. The third kappa shape index (κ3) is 6.23. The summed E-state index contributed by atoms with van der Waals surface area (Å²) in [6.07, 6.45) is 4.43. The third-order valence-corrected chi connectivity index (χ3v) is 6.98. The van der Waals surface area contributed by atoms with E-state index in [4.69, 9.17) is 0 Å². The number of nitrogens with zero attached hydrogens (tertiary/aromatic N) is 2. The molecule has 2 heterocycles. The Balaban J connectivity index is 1.75. The number of anilines is 1. The van der Waals surface area contributed by atoms with Crippen molar-refractivity contribution in [3.8, 4) is 0 Å². The minimum Gasteiger partial charge on any atom is -0.476 e. The molecule has 0 aliphatic carbocycles. The molecule has 1 atom stereocenters. The van der Waals surface area contributed by atoms with Crippen LogP contribution in [0.25, 0.3) is 0 Å². The number of allylic oxidation sites excluding steroid dienone is 3. The summed E-state index contributed by atoms with van der Waals surface area (Å²) < 4.78 is 14.3. The standard InChI is InChI=1S/C24H31FN4O3S/c1-4-6-19(25)16(5-2)13-29-9-10-33-21(14-29)23(30)27-20-12-18-17(11-15(20)3)7-8-26-28-22(18)24(31)32/h4,6,11-12,21,26H,5,7-10,13-14H2,1-3H3,(H,27,30)(H,31,32)/b6-4-,19-16-. The van der Waals surface area contributed by atoms with Crippen LogP contribution in [0.3, 0.4) is 0 Å². The van der Waals surface area contributed by atoms with Crippen molar-refractivity contribution in [2.45, 2.75) is 38.9 Å². The molecular weight excluding hydrogens is 443 g/mol. The van der Waals surface area contributed by atoms with E-state index in [1.807, 2.05) is 19.9 Å². The number of carbonyl (C=O) groups excluding carboxylic acids is 1. The molecule has 1 aromatic carbocycles. The van der Waals surface area contributed by atoms with Crippen LogP contribution in [0.5, 0.6) is 0 Å². The quantitative estimate of drug-likeness (QED) is 0.524. The molecule has 7 nitrogen and oxygen atoms in total. The van der Waals surface area contributed by atoms with E-state index in [0.29, 0.717) is 43.7 Å². The molecule has 33 heavy (non-hydrogen) atoms. The first-order chi connectivity index (χ1) is 15.8. The van der Waals surface area contributed by atoms with Crippen LogP contribution in [0.15, 0.2) is 40.8 Å². The van der Waals surface area contributed by atoms with E-state index in [9.17, 15) is 19.1 Å². The number of hydrogen-bond donors (Lipinski definition) is 3. The number of carbonyl (C=O) groups is 2. The molecule has 0 spiro atoms. The Kier molecular flexibility index (Phi) is 8.68. The fourth-order valence-electron chi connectivity index (χ4n) is 3.99. The highest BCUT2D eigenvalue weighted by Crippen LogP contribution is 2.27. The summed E-state index contributed by atoms with van der Waals surface area (Å²) in [6.45, 7) is 7.99. The number of benzene rings is 1. The fraction of sp³-hybridized carbons (Fsp3) is 0.458. The van der Waals surface area contributed by atoms with Crippen molar-refractivity contribution in [3.63, 3.8) is 0 Å². The first kappa shape index (κ1) is 25.0. The zero-order chi connectivity index (χ0) is 24.0. The molecule has 1 unspecified atom stereocenters. The number of hydrogen-bond acceptors (Lipinski definition) is 6. The minimum atomic E-state index is -1.12. The highest BCUT2D eigenvalue weighted by Gasteiger charge is 2.28. The lowest BCUT2D eigenvalue weighted by atomic mass is 9.97. The minimum absolute atomic E-state index is 0.0572. The number of fused-ring (bicyclic) bond motifs is 1. The number of rotatable bonds is 7. The maximum atomic E-state index is 14.3. The maximum absolute atomic E-state index is 14.3. The van der Waals surface area contributed by atoms with E-state index in [2.05, 4.69) is 20.7 Å². The van der Waals surface area contributed by atoms with Crippen molar-refractivity contribution in [1.29, 1.82) is 0 Å². The van der Waals surface area contributed by atoms with Crippen LogP contribution in [0.1, 0.15) is 37.0 Å². The van der Waals surface area contributed by atoms with E-state index >= 15 is 0 Å². The number of thioether (sulfide) groups is 1. The Labute approximate surface area is 198 Å². The van der Waals surface area contributed by atoms with Crippen LogP contribution < -0.4 is 10.7 Å². The predicted octanol–water partition coefficient (Wildman–Crippen LogP) is 3.50. The van der Waals surface area contributed by atoms with Crippen LogP contribution in [0.4, 0.5) is 10.1 Å². The van der Waals surface area contributed by atoms with Crippen LogP contribution in [0.2, 0.25) is 0 Å². The molecule has 0 bridgehead atoms. The normalized spacial score (nSPS) is 19.8. The molecule has 1 aromatic rings. The number of nitrogens with one attached hydrogen (secondary N) is 2. The number of carboxylic acid groups (broad SMARTS) is 1. The summed E-state index contributed by atoms with van der Waals surface area (Å²) in [4.78, 5) is 26.9. The summed E-state index contributed by atoms with van der Waals surface area (Å²) in [5.74, 6) is -0.671. The van der Waals surface area contributed by atoms with Crippen molar-refractivity contribution >= 4 is 35.0 Å². The molecule has 3 rings (SSSR count). The Morgan fingerprint density at radius 2 is 2.21 bits per heavy atom. The highest BCUT2D eigenvalue weighted by molar-refractivity contribution is 8.00. The van der Waals surface area contributed by atoms with Crippen molar-refractivity contribution in [3.05, 3.63) is 52.4 Å². The van der Waals surface area contributed by atoms with Crippen LogP contribution in [-0.4, -0.2) is 64.8 Å². The second kappa shape index (κ2) is 11.5. The zero-order valence-electron chi connectivity index (χ0n) is 19.3. The Bertz CT molecular complexity index is 1010. The molecule has 0 aromatic heterocycles. The molecule has 0 saturated carbocycles. The lowest BCUT2D eigenvalue weighted by Crippen LogP contribution is -2.44. The second-order valence-electron chi connectivity index (χ2n) is 8.14. The predicted molar refractivity (Wildman–Crippen MR) is 132 cm³/mol. The van der Waals surface area contributed by atoms with Gasteiger partial charge in [0, 0.05) is 43.2 Å². The number of halogens is 1. The Morgan fingerprint density at radius 3 is 2.91 bits per heavy atom. The van der Waals surface area contributed by atoms with Crippen molar-refractivity contribution in [2.24, 2.45) is 5.10 Å². The molecule has 9 heteroatoms. The average Bonchev–Trinajstić information content (AvgIpc) is 3.00. The highest BCUT2D eigenvalue weighted by atomic mass is 32.2. The summed E-state index contributed by atoms with van der Waals surface area (Å²) in [7, 11) is 0. The molecule has 0 radical (unpaired) electrons. The second-order valence-corrected chi connectivity index (χ2v) is 9.45. The Morgan fingerprint density at radius 1 is 1.42 bits per heavy atom. The number of aryl methyl sites for hydroxylation is 1. The summed E-state index contributed by atoms with van der Waals surface area (Å²) in [6, 6.07) is 3.62. The first-order valence-corrected chi connectivity index (χ1v) is 12.2. The van der Waals surface area contributed by atoms with Gasteiger partial charge in [-0.15, -0.1) is 11.8 Å². The van der Waals surface area contributed by atoms with Gasteiger partial charge in [0.05, 0.1) is 5.25 Å². The number of hydrazone groups is 1. The number of aliphatic carboxylic acids is 1. The summed E-state index contributed by atoms with van der Waals surface area (Å²) >= 11 is 1.59. The molecule has 3 N–H and O–H groups in total. The van der Waals surface area contributed by atoms with Crippen molar-refractivity contribution in [1.82, 2.24) is 10.3 Å². The van der Waals surface area contributed by atoms with Crippen LogP contribution >= 0.6 is 11.8 Å². The smallest absolute Gasteiger partial charge is 0.356 e. The molecule has 178 valence electrons. The van der Waals surface area contributed by atoms with E-state index < -0.39 is 5.97 Å². The van der Waals surface area contributed by atoms with Gasteiger partial charge in [-0.1, -0.05) is 19.1 Å². The van der Waals surface area contributed by atoms with E-state index in [1.54, 1.807) is 30.8 Å². The molecule has 1 amide bonds. The van der Waals surface area contributed by atoms with Gasteiger partial charge in [-0.3, -0.25) is 9.69 Å². The van der Waals surface area contributed by atoms with Gasteiger partial charge >= 0.3 is 5.97 Å². The topological polar surface area (TPSA) is 94.0 Å². The van der Waals surface area contributed by atoms with Gasteiger partial charge < -0.3 is 15.8 Å². The van der Waals surface area contributed by atoms with Gasteiger partial charge in [0.25, 0.3) is 0 Å². The molecular formula is C24H31FN4O3S.